The van der Waals surface area contributed by atoms with Gasteiger partial charge in [-0.05, 0) is 19.9 Å². The standard InChI is InChI=1S/C10H14N4S/c1-3-11-10-12-6-9(15-10)7-14-8(2)4-5-13-14/h4-6H,3,7H2,1-2H3,(H,11,12). The number of hydrogen-bond donors (Lipinski definition) is 1. The average molecular weight is 222 g/mol. The molecule has 0 spiro atoms. The molecule has 0 aliphatic rings. The molecule has 0 amide bonds. The minimum absolute atomic E-state index is 0.807. The molecule has 5 heteroatoms. The molecule has 2 aromatic heterocycles. The first-order chi connectivity index (χ1) is 7.29. The van der Waals surface area contributed by atoms with Crippen LogP contribution in [0.2, 0.25) is 0 Å². The molecule has 0 saturated heterocycles. The van der Waals surface area contributed by atoms with E-state index in [0.29, 0.717) is 0 Å². The zero-order chi connectivity index (χ0) is 10.7. The minimum atomic E-state index is 0.807. The smallest absolute Gasteiger partial charge is 0.182 e. The van der Waals surface area contributed by atoms with Gasteiger partial charge in [0.25, 0.3) is 0 Å². The van der Waals surface area contributed by atoms with Crippen molar-refractivity contribution in [3.8, 4) is 0 Å². The molecule has 15 heavy (non-hydrogen) atoms. The predicted molar refractivity (Wildman–Crippen MR) is 62.3 cm³/mol. The van der Waals surface area contributed by atoms with Gasteiger partial charge in [-0.2, -0.15) is 5.10 Å². The molecular weight excluding hydrogens is 208 g/mol. The maximum Gasteiger partial charge on any atom is 0.182 e. The fraction of sp³-hybridized carbons (Fsp3) is 0.400. The summed E-state index contributed by atoms with van der Waals surface area (Å²) in [6.45, 7) is 5.84. The summed E-state index contributed by atoms with van der Waals surface area (Å²) in [6.07, 6.45) is 3.73. The average Bonchev–Trinajstić information content (AvgIpc) is 2.79. The molecule has 0 radical (unpaired) electrons. The van der Waals surface area contributed by atoms with Crippen LogP contribution in [0.1, 0.15) is 17.5 Å². The maximum atomic E-state index is 4.28. The van der Waals surface area contributed by atoms with Crippen LogP contribution in [-0.4, -0.2) is 21.3 Å². The van der Waals surface area contributed by atoms with Crippen molar-refractivity contribution in [2.75, 3.05) is 11.9 Å². The van der Waals surface area contributed by atoms with E-state index in [9.17, 15) is 0 Å². The van der Waals surface area contributed by atoms with Crippen LogP contribution in [0.25, 0.3) is 0 Å². The Morgan fingerprint density at radius 1 is 1.53 bits per heavy atom. The largest absolute Gasteiger partial charge is 0.362 e. The van der Waals surface area contributed by atoms with Crippen molar-refractivity contribution in [1.82, 2.24) is 14.8 Å². The quantitative estimate of drug-likeness (QED) is 0.861. The van der Waals surface area contributed by atoms with Gasteiger partial charge in [0, 0.05) is 29.5 Å². The highest BCUT2D eigenvalue weighted by Crippen LogP contribution is 2.18. The second-order valence-electron chi connectivity index (χ2n) is 3.29. The Morgan fingerprint density at radius 3 is 3.07 bits per heavy atom. The van der Waals surface area contributed by atoms with Gasteiger partial charge in [-0.15, -0.1) is 11.3 Å². The van der Waals surface area contributed by atoms with Crippen molar-refractivity contribution in [3.63, 3.8) is 0 Å². The van der Waals surface area contributed by atoms with E-state index in [0.717, 1.165) is 18.2 Å². The van der Waals surface area contributed by atoms with Crippen molar-refractivity contribution in [3.05, 3.63) is 29.0 Å². The zero-order valence-electron chi connectivity index (χ0n) is 8.90. The first-order valence-corrected chi connectivity index (χ1v) is 5.78. The molecule has 80 valence electrons. The Labute approximate surface area is 93.0 Å². The summed E-state index contributed by atoms with van der Waals surface area (Å²) < 4.78 is 1.98. The third kappa shape index (κ3) is 2.36. The summed E-state index contributed by atoms with van der Waals surface area (Å²) in [5, 5.41) is 8.42. The fourth-order valence-corrected chi connectivity index (χ4v) is 2.19. The summed E-state index contributed by atoms with van der Waals surface area (Å²) in [5.41, 5.74) is 1.17. The van der Waals surface area contributed by atoms with Crippen molar-refractivity contribution >= 4 is 16.5 Å². The molecule has 0 aliphatic heterocycles. The summed E-state index contributed by atoms with van der Waals surface area (Å²) in [4.78, 5) is 5.50. The summed E-state index contributed by atoms with van der Waals surface area (Å²) in [5.74, 6) is 0. The van der Waals surface area contributed by atoms with E-state index in [1.807, 2.05) is 23.1 Å². The molecule has 0 bridgehead atoms. The molecule has 2 aromatic rings. The monoisotopic (exact) mass is 222 g/mol. The van der Waals surface area contributed by atoms with Gasteiger partial charge < -0.3 is 5.32 Å². The van der Waals surface area contributed by atoms with E-state index >= 15 is 0 Å². The lowest BCUT2D eigenvalue weighted by molar-refractivity contribution is 0.671. The van der Waals surface area contributed by atoms with E-state index < -0.39 is 0 Å². The molecule has 2 heterocycles. The van der Waals surface area contributed by atoms with Gasteiger partial charge in [0.15, 0.2) is 5.13 Å². The van der Waals surface area contributed by atoms with Crippen LogP contribution < -0.4 is 5.32 Å². The number of anilines is 1. The maximum absolute atomic E-state index is 4.28. The number of aromatic nitrogens is 3. The summed E-state index contributed by atoms with van der Waals surface area (Å²) >= 11 is 1.68. The van der Waals surface area contributed by atoms with E-state index in [-0.39, 0.29) is 0 Å². The molecule has 0 aromatic carbocycles. The highest BCUT2D eigenvalue weighted by molar-refractivity contribution is 7.15. The van der Waals surface area contributed by atoms with Gasteiger partial charge in [0.05, 0.1) is 6.54 Å². The van der Waals surface area contributed by atoms with Crippen LogP contribution in [0.3, 0.4) is 0 Å². The lowest BCUT2D eigenvalue weighted by Gasteiger charge is -2.00. The van der Waals surface area contributed by atoms with Gasteiger partial charge >= 0.3 is 0 Å². The Bertz CT molecular complexity index is 432. The lowest BCUT2D eigenvalue weighted by Crippen LogP contribution is -2.01. The van der Waals surface area contributed by atoms with Gasteiger partial charge in [-0.25, -0.2) is 4.98 Å². The molecule has 4 nitrogen and oxygen atoms in total. The van der Waals surface area contributed by atoms with Gasteiger partial charge in [0.1, 0.15) is 0 Å². The van der Waals surface area contributed by atoms with Crippen LogP contribution in [0.15, 0.2) is 18.5 Å². The molecule has 0 aliphatic carbocycles. The second-order valence-corrected chi connectivity index (χ2v) is 4.41. The lowest BCUT2D eigenvalue weighted by atomic mass is 10.4. The second kappa shape index (κ2) is 4.44. The Balaban J connectivity index is 2.08. The van der Waals surface area contributed by atoms with Crippen molar-refractivity contribution < 1.29 is 0 Å². The normalized spacial score (nSPS) is 10.5. The third-order valence-electron chi connectivity index (χ3n) is 2.12. The summed E-state index contributed by atoms with van der Waals surface area (Å²) in [7, 11) is 0. The highest BCUT2D eigenvalue weighted by Gasteiger charge is 2.03. The van der Waals surface area contributed by atoms with E-state index in [1.165, 1.54) is 10.6 Å². The van der Waals surface area contributed by atoms with Gasteiger partial charge in [0.2, 0.25) is 0 Å². The van der Waals surface area contributed by atoms with Gasteiger partial charge in [-0.1, -0.05) is 0 Å². The summed E-state index contributed by atoms with van der Waals surface area (Å²) in [6, 6.07) is 2.01. The molecular formula is C10H14N4S. The number of thiazole rings is 1. The highest BCUT2D eigenvalue weighted by atomic mass is 32.1. The van der Waals surface area contributed by atoms with Crippen LogP contribution in [0.5, 0.6) is 0 Å². The molecule has 1 N–H and O–H groups in total. The van der Waals surface area contributed by atoms with Crippen LogP contribution in [0, 0.1) is 6.92 Å². The van der Waals surface area contributed by atoms with Crippen molar-refractivity contribution in [2.45, 2.75) is 20.4 Å². The minimum Gasteiger partial charge on any atom is -0.362 e. The number of nitrogens with zero attached hydrogens (tertiary/aromatic N) is 3. The van der Waals surface area contributed by atoms with E-state index in [2.05, 4.69) is 29.2 Å². The SMILES string of the molecule is CCNc1ncc(Cn2nccc2C)s1. The van der Waals surface area contributed by atoms with Crippen molar-refractivity contribution in [2.24, 2.45) is 0 Å². The molecule has 0 saturated carbocycles. The van der Waals surface area contributed by atoms with Crippen LogP contribution in [-0.2, 0) is 6.54 Å². The Kier molecular flexibility index (Phi) is 3.01. The first-order valence-electron chi connectivity index (χ1n) is 4.96. The molecule has 0 atom stereocenters. The number of nitrogens with one attached hydrogen (secondary N) is 1. The number of hydrogen-bond acceptors (Lipinski definition) is 4. The number of aryl methyl sites for hydroxylation is 1. The van der Waals surface area contributed by atoms with E-state index in [4.69, 9.17) is 0 Å². The molecule has 0 unspecified atom stereocenters. The molecule has 2 rings (SSSR count). The molecule has 0 fully saturated rings. The predicted octanol–water partition coefficient (Wildman–Crippen LogP) is 2.13. The van der Waals surface area contributed by atoms with Crippen LogP contribution in [0.4, 0.5) is 5.13 Å². The number of rotatable bonds is 4. The van der Waals surface area contributed by atoms with Gasteiger partial charge in [-0.3, -0.25) is 4.68 Å². The topological polar surface area (TPSA) is 42.7 Å². The third-order valence-corrected chi connectivity index (χ3v) is 3.06. The fourth-order valence-electron chi connectivity index (χ4n) is 1.33. The zero-order valence-corrected chi connectivity index (χ0v) is 9.71. The first kappa shape index (κ1) is 10.2. The van der Waals surface area contributed by atoms with Crippen molar-refractivity contribution in [1.29, 1.82) is 0 Å². The Hall–Kier alpha value is -1.36. The van der Waals surface area contributed by atoms with E-state index in [1.54, 1.807) is 11.3 Å². The Morgan fingerprint density at radius 2 is 2.40 bits per heavy atom. The van der Waals surface area contributed by atoms with Crippen LogP contribution >= 0.6 is 11.3 Å².